The largest absolute Gasteiger partial charge is 0.326 e. The minimum absolute atomic E-state index is 0.0568. The molecule has 1 fully saturated rings. The minimum atomic E-state index is -0.699. The fourth-order valence-electron chi connectivity index (χ4n) is 1.69. The molecule has 2 rings (SSSR count). The predicted molar refractivity (Wildman–Crippen MR) is 74.9 cm³/mol. The van der Waals surface area contributed by atoms with Crippen LogP contribution in [0.3, 0.4) is 0 Å². The van der Waals surface area contributed by atoms with E-state index >= 15 is 0 Å². The van der Waals surface area contributed by atoms with E-state index in [9.17, 15) is 9.59 Å². The van der Waals surface area contributed by atoms with Gasteiger partial charge >= 0.3 is 0 Å². The number of aryl methyl sites for hydroxylation is 1. The van der Waals surface area contributed by atoms with Crippen molar-refractivity contribution in [3.05, 3.63) is 23.8 Å². The van der Waals surface area contributed by atoms with E-state index in [0.29, 0.717) is 17.8 Å². The van der Waals surface area contributed by atoms with Crippen LogP contribution >= 0.6 is 0 Å². The highest BCUT2D eigenvalue weighted by Crippen LogP contribution is 2.34. The van der Waals surface area contributed by atoms with Crippen LogP contribution in [0.25, 0.3) is 0 Å². The molecule has 1 aliphatic carbocycles. The van der Waals surface area contributed by atoms with Crippen LogP contribution in [0, 0.1) is 6.92 Å². The van der Waals surface area contributed by atoms with Crippen LogP contribution in [0.2, 0.25) is 0 Å². The highest BCUT2D eigenvalue weighted by atomic mass is 16.2. The molecule has 0 saturated heterocycles. The minimum Gasteiger partial charge on any atom is -0.326 e. The summed E-state index contributed by atoms with van der Waals surface area (Å²) in [4.78, 5) is 23.3. The van der Waals surface area contributed by atoms with Crippen LogP contribution in [0.4, 0.5) is 11.4 Å². The van der Waals surface area contributed by atoms with Gasteiger partial charge in [0.1, 0.15) is 0 Å². The number of carbonyl (C=O) groups excluding carboxylic acids is 2. The van der Waals surface area contributed by atoms with Crippen LogP contribution in [0.5, 0.6) is 0 Å². The topological polar surface area (TPSA) is 84.2 Å². The molecule has 102 valence electrons. The summed E-state index contributed by atoms with van der Waals surface area (Å²) in [6, 6.07) is 5.43. The van der Waals surface area contributed by atoms with E-state index in [1.54, 1.807) is 13.0 Å². The maximum Gasteiger partial charge on any atom is 0.244 e. The van der Waals surface area contributed by atoms with E-state index < -0.39 is 5.54 Å². The number of benzene rings is 1. The monoisotopic (exact) mass is 261 g/mol. The Morgan fingerprint density at radius 2 is 2.00 bits per heavy atom. The van der Waals surface area contributed by atoms with Crippen molar-refractivity contribution < 1.29 is 9.59 Å². The van der Waals surface area contributed by atoms with Crippen LogP contribution in [-0.2, 0) is 9.59 Å². The van der Waals surface area contributed by atoms with Gasteiger partial charge in [0, 0.05) is 17.8 Å². The molecule has 1 aliphatic rings. The van der Waals surface area contributed by atoms with Gasteiger partial charge in [0.05, 0.1) is 5.54 Å². The molecule has 2 amide bonds. The Morgan fingerprint density at radius 3 is 2.58 bits per heavy atom. The molecule has 0 atom stereocenters. The summed E-state index contributed by atoms with van der Waals surface area (Å²) in [5, 5.41) is 5.59. The smallest absolute Gasteiger partial charge is 0.244 e. The first kappa shape index (κ1) is 13.5. The van der Waals surface area contributed by atoms with E-state index in [1.165, 1.54) is 0 Å². The van der Waals surface area contributed by atoms with Crippen LogP contribution < -0.4 is 16.4 Å². The van der Waals surface area contributed by atoms with Crippen LogP contribution in [0.15, 0.2) is 18.2 Å². The number of carbonyl (C=O) groups is 2. The van der Waals surface area contributed by atoms with Crippen LogP contribution in [-0.4, -0.2) is 17.4 Å². The van der Waals surface area contributed by atoms with Gasteiger partial charge in [-0.2, -0.15) is 0 Å². The zero-order valence-corrected chi connectivity index (χ0v) is 11.2. The van der Waals surface area contributed by atoms with Crippen molar-refractivity contribution in [2.24, 2.45) is 5.73 Å². The molecule has 0 unspecified atom stereocenters. The Bertz CT molecular complexity index is 521. The Balaban J connectivity index is 2.13. The Labute approximate surface area is 112 Å². The van der Waals surface area contributed by atoms with E-state index in [0.717, 1.165) is 18.4 Å². The second-order valence-corrected chi connectivity index (χ2v) is 5.04. The number of anilines is 2. The first-order chi connectivity index (χ1) is 8.94. The molecule has 0 bridgehead atoms. The van der Waals surface area contributed by atoms with Gasteiger partial charge in [-0.05, 0) is 37.5 Å². The summed E-state index contributed by atoms with van der Waals surface area (Å²) in [5.41, 5.74) is 7.45. The quantitative estimate of drug-likeness (QED) is 0.772. The van der Waals surface area contributed by atoms with Gasteiger partial charge in [0.2, 0.25) is 11.8 Å². The SMILES string of the molecule is CCC(=O)Nc1ccc(C)c(NC(=O)C2(N)CC2)c1. The van der Waals surface area contributed by atoms with Gasteiger partial charge in [-0.1, -0.05) is 13.0 Å². The highest BCUT2D eigenvalue weighted by Gasteiger charge is 2.46. The van der Waals surface area contributed by atoms with Gasteiger partial charge in [0.15, 0.2) is 0 Å². The average Bonchev–Trinajstić information content (AvgIpc) is 3.12. The molecule has 5 heteroatoms. The number of hydrogen-bond donors (Lipinski definition) is 3. The fraction of sp³-hybridized carbons (Fsp3) is 0.429. The van der Waals surface area contributed by atoms with Gasteiger partial charge in [0.25, 0.3) is 0 Å². The van der Waals surface area contributed by atoms with Gasteiger partial charge in [-0.25, -0.2) is 0 Å². The third kappa shape index (κ3) is 3.12. The maximum absolute atomic E-state index is 11.9. The zero-order valence-electron chi connectivity index (χ0n) is 11.2. The van der Waals surface area contributed by atoms with Crippen molar-refractivity contribution in [2.45, 2.75) is 38.6 Å². The Hall–Kier alpha value is -1.88. The van der Waals surface area contributed by atoms with Crippen molar-refractivity contribution in [3.8, 4) is 0 Å². The lowest BCUT2D eigenvalue weighted by Crippen LogP contribution is -2.38. The molecule has 4 N–H and O–H groups in total. The maximum atomic E-state index is 11.9. The standard InChI is InChI=1S/C14H19N3O2/c1-3-12(18)16-10-5-4-9(2)11(8-10)17-13(19)14(15)6-7-14/h4-5,8H,3,6-7,15H2,1-2H3,(H,16,18)(H,17,19). The number of amides is 2. The number of rotatable bonds is 4. The van der Waals surface area contributed by atoms with E-state index in [2.05, 4.69) is 10.6 Å². The summed E-state index contributed by atoms with van der Waals surface area (Å²) >= 11 is 0. The van der Waals surface area contributed by atoms with E-state index in [-0.39, 0.29) is 11.8 Å². The molecule has 5 nitrogen and oxygen atoms in total. The second kappa shape index (κ2) is 5.01. The predicted octanol–water partition coefficient (Wildman–Crippen LogP) is 1.77. The normalized spacial score (nSPS) is 15.7. The summed E-state index contributed by atoms with van der Waals surface area (Å²) in [7, 11) is 0. The third-order valence-electron chi connectivity index (χ3n) is 3.33. The molecule has 0 radical (unpaired) electrons. The zero-order chi connectivity index (χ0) is 14.0. The molecule has 1 aromatic carbocycles. The molecule has 0 aliphatic heterocycles. The van der Waals surface area contributed by atoms with Crippen molar-refractivity contribution >= 4 is 23.2 Å². The lowest BCUT2D eigenvalue weighted by Gasteiger charge is -2.14. The number of hydrogen-bond acceptors (Lipinski definition) is 3. The van der Waals surface area contributed by atoms with Crippen molar-refractivity contribution in [1.29, 1.82) is 0 Å². The van der Waals surface area contributed by atoms with Gasteiger partial charge in [-0.15, -0.1) is 0 Å². The van der Waals surface area contributed by atoms with Crippen molar-refractivity contribution in [2.75, 3.05) is 10.6 Å². The number of nitrogens with two attached hydrogens (primary N) is 1. The van der Waals surface area contributed by atoms with Crippen molar-refractivity contribution in [1.82, 2.24) is 0 Å². The Morgan fingerprint density at radius 1 is 1.32 bits per heavy atom. The molecular weight excluding hydrogens is 242 g/mol. The van der Waals surface area contributed by atoms with Crippen LogP contribution in [0.1, 0.15) is 31.7 Å². The highest BCUT2D eigenvalue weighted by molar-refractivity contribution is 6.01. The molecular formula is C14H19N3O2. The lowest BCUT2D eigenvalue weighted by molar-refractivity contribution is -0.118. The van der Waals surface area contributed by atoms with E-state index in [1.807, 2.05) is 19.1 Å². The Kier molecular flexibility index (Phi) is 3.57. The van der Waals surface area contributed by atoms with Crippen molar-refractivity contribution in [3.63, 3.8) is 0 Å². The molecule has 0 heterocycles. The fourth-order valence-corrected chi connectivity index (χ4v) is 1.69. The second-order valence-electron chi connectivity index (χ2n) is 5.04. The summed E-state index contributed by atoms with van der Waals surface area (Å²) in [6.07, 6.45) is 1.87. The summed E-state index contributed by atoms with van der Waals surface area (Å²) in [6.45, 7) is 3.69. The molecule has 0 spiro atoms. The molecule has 19 heavy (non-hydrogen) atoms. The lowest BCUT2D eigenvalue weighted by atomic mass is 10.1. The van der Waals surface area contributed by atoms with Gasteiger partial charge < -0.3 is 16.4 Å². The summed E-state index contributed by atoms with van der Waals surface area (Å²) in [5.74, 6) is -0.215. The number of nitrogens with one attached hydrogen (secondary N) is 2. The first-order valence-corrected chi connectivity index (χ1v) is 6.45. The first-order valence-electron chi connectivity index (χ1n) is 6.45. The van der Waals surface area contributed by atoms with E-state index in [4.69, 9.17) is 5.73 Å². The summed E-state index contributed by atoms with van der Waals surface area (Å²) < 4.78 is 0. The van der Waals surface area contributed by atoms with Gasteiger partial charge in [-0.3, -0.25) is 9.59 Å². The molecule has 1 saturated carbocycles. The average molecular weight is 261 g/mol. The third-order valence-corrected chi connectivity index (χ3v) is 3.33. The molecule has 1 aromatic rings. The molecule has 0 aromatic heterocycles.